The molecular weight excluding hydrogens is 188 g/mol. The zero-order valence-electron chi connectivity index (χ0n) is 9.98. The van der Waals surface area contributed by atoms with Gasteiger partial charge in [0.05, 0.1) is 12.2 Å². The van der Waals surface area contributed by atoms with Crippen molar-refractivity contribution in [3.8, 4) is 0 Å². The Morgan fingerprint density at radius 2 is 1.53 bits per heavy atom. The Bertz CT molecular complexity index is 227. The van der Waals surface area contributed by atoms with Gasteiger partial charge in [-0.1, -0.05) is 19.1 Å². The first-order chi connectivity index (χ1) is 7.16. The third-order valence-corrected chi connectivity index (χ3v) is 3.56. The van der Waals surface area contributed by atoms with Gasteiger partial charge in [0, 0.05) is 5.92 Å². The van der Waals surface area contributed by atoms with E-state index in [4.69, 9.17) is 9.47 Å². The van der Waals surface area contributed by atoms with Crippen molar-refractivity contribution in [3.05, 3.63) is 12.2 Å². The van der Waals surface area contributed by atoms with Gasteiger partial charge in [-0.15, -0.1) is 0 Å². The van der Waals surface area contributed by atoms with E-state index in [9.17, 15) is 0 Å². The molecule has 2 nitrogen and oxygen atoms in total. The Morgan fingerprint density at radius 1 is 0.933 bits per heavy atom. The van der Waals surface area contributed by atoms with Gasteiger partial charge >= 0.3 is 0 Å². The second-order valence-corrected chi connectivity index (χ2v) is 5.08. The molecule has 1 saturated heterocycles. The molecule has 0 spiro atoms. The monoisotopic (exact) mass is 210 g/mol. The molecule has 5 atom stereocenters. The van der Waals surface area contributed by atoms with Gasteiger partial charge in [-0.25, -0.2) is 0 Å². The first-order valence-corrected chi connectivity index (χ1v) is 6.12. The summed E-state index contributed by atoms with van der Waals surface area (Å²) in [7, 11) is 0. The molecule has 0 N–H and O–H groups in total. The molecule has 0 aromatic carbocycles. The lowest BCUT2D eigenvalue weighted by Crippen LogP contribution is -2.42. The van der Waals surface area contributed by atoms with Crippen molar-refractivity contribution in [2.45, 2.75) is 58.5 Å². The second kappa shape index (κ2) is 4.67. The molecule has 2 heteroatoms. The SMILES string of the molecule is C[C@@H]1C[C@H](C)OC([C@@H]2CC=CC[C@@H]2C)O1. The van der Waals surface area contributed by atoms with Gasteiger partial charge in [-0.2, -0.15) is 0 Å². The molecule has 0 amide bonds. The van der Waals surface area contributed by atoms with E-state index in [1.54, 1.807) is 0 Å². The Morgan fingerprint density at radius 3 is 2.13 bits per heavy atom. The molecule has 1 unspecified atom stereocenters. The van der Waals surface area contributed by atoms with Gasteiger partial charge < -0.3 is 9.47 Å². The Hall–Kier alpha value is -0.340. The fourth-order valence-electron chi connectivity index (χ4n) is 2.62. The highest BCUT2D eigenvalue weighted by molar-refractivity contribution is 4.94. The fraction of sp³-hybridized carbons (Fsp3) is 0.846. The largest absolute Gasteiger partial charge is 0.349 e. The highest BCUT2D eigenvalue weighted by Gasteiger charge is 2.34. The quantitative estimate of drug-likeness (QED) is 0.619. The number of rotatable bonds is 1. The minimum Gasteiger partial charge on any atom is -0.349 e. The first kappa shape index (κ1) is 11.2. The maximum Gasteiger partial charge on any atom is 0.161 e. The van der Waals surface area contributed by atoms with Gasteiger partial charge in [-0.05, 0) is 39.0 Å². The summed E-state index contributed by atoms with van der Waals surface area (Å²) in [4.78, 5) is 0. The van der Waals surface area contributed by atoms with Gasteiger partial charge in [0.25, 0.3) is 0 Å². The average Bonchev–Trinajstić information content (AvgIpc) is 2.16. The van der Waals surface area contributed by atoms with E-state index >= 15 is 0 Å². The molecule has 0 aromatic rings. The topological polar surface area (TPSA) is 18.5 Å². The van der Waals surface area contributed by atoms with Crippen LogP contribution in [-0.2, 0) is 9.47 Å². The summed E-state index contributed by atoms with van der Waals surface area (Å²) in [6.07, 6.45) is 8.53. The Balaban J connectivity index is 1.99. The lowest BCUT2D eigenvalue weighted by Gasteiger charge is -2.39. The summed E-state index contributed by atoms with van der Waals surface area (Å²) < 4.78 is 11.8. The van der Waals surface area contributed by atoms with Crippen molar-refractivity contribution in [3.63, 3.8) is 0 Å². The third kappa shape index (κ3) is 2.61. The van der Waals surface area contributed by atoms with Crippen molar-refractivity contribution in [1.29, 1.82) is 0 Å². The summed E-state index contributed by atoms with van der Waals surface area (Å²) in [5.41, 5.74) is 0. The van der Waals surface area contributed by atoms with E-state index in [-0.39, 0.29) is 6.29 Å². The zero-order chi connectivity index (χ0) is 10.8. The average molecular weight is 210 g/mol. The maximum absolute atomic E-state index is 5.91. The second-order valence-electron chi connectivity index (χ2n) is 5.08. The van der Waals surface area contributed by atoms with E-state index in [1.807, 2.05) is 0 Å². The van der Waals surface area contributed by atoms with Crippen LogP contribution in [0.1, 0.15) is 40.0 Å². The zero-order valence-corrected chi connectivity index (χ0v) is 9.98. The predicted octanol–water partition coefficient (Wildman–Crippen LogP) is 3.13. The van der Waals surface area contributed by atoms with Gasteiger partial charge in [0.15, 0.2) is 6.29 Å². The van der Waals surface area contributed by atoms with Crippen molar-refractivity contribution >= 4 is 0 Å². The summed E-state index contributed by atoms with van der Waals surface area (Å²) in [6.45, 7) is 6.59. The molecule has 0 saturated carbocycles. The molecule has 2 rings (SSSR count). The van der Waals surface area contributed by atoms with Gasteiger partial charge in [0.1, 0.15) is 0 Å². The molecule has 1 aliphatic heterocycles. The molecule has 15 heavy (non-hydrogen) atoms. The highest BCUT2D eigenvalue weighted by atomic mass is 16.7. The van der Waals surface area contributed by atoms with E-state index < -0.39 is 0 Å². The van der Waals surface area contributed by atoms with E-state index in [0.29, 0.717) is 24.0 Å². The van der Waals surface area contributed by atoms with Crippen LogP contribution in [0.15, 0.2) is 12.2 Å². The van der Waals surface area contributed by atoms with Crippen LogP contribution in [0.4, 0.5) is 0 Å². The molecule has 0 aromatic heterocycles. The van der Waals surface area contributed by atoms with Gasteiger partial charge in [0.2, 0.25) is 0 Å². The number of allylic oxidation sites excluding steroid dienone is 2. The van der Waals surface area contributed by atoms with Crippen LogP contribution in [0, 0.1) is 11.8 Å². The molecule has 2 aliphatic rings. The minimum atomic E-state index is 0.0173. The lowest BCUT2D eigenvalue weighted by molar-refractivity contribution is -0.261. The van der Waals surface area contributed by atoms with Crippen LogP contribution >= 0.6 is 0 Å². The third-order valence-electron chi connectivity index (χ3n) is 3.56. The van der Waals surface area contributed by atoms with Crippen LogP contribution in [-0.4, -0.2) is 18.5 Å². The predicted molar refractivity (Wildman–Crippen MR) is 60.5 cm³/mol. The van der Waals surface area contributed by atoms with Crippen molar-refractivity contribution in [1.82, 2.24) is 0 Å². The van der Waals surface area contributed by atoms with Crippen molar-refractivity contribution in [2.24, 2.45) is 11.8 Å². The number of hydrogen-bond acceptors (Lipinski definition) is 2. The minimum absolute atomic E-state index is 0.0173. The standard InChI is InChI=1S/C13H22O2/c1-9-6-4-5-7-12(9)13-14-10(2)8-11(3)15-13/h4-5,9-13H,6-8H2,1-3H3/t9-,10-,11+,12+,13?/m0/s1. The molecule has 1 heterocycles. The van der Waals surface area contributed by atoms with Crippen LogP contribution in [0.5, 0.6) is 0 Å². The first-order valence-electron chi connectivity index (χ1n) is 6.12. The van der Waals surface area contributed by atoms with E-state index in [0.717, 1.165) is 19.3 Å². The summed E-state index contributed by atoms with van der Waals surface area (Å²) >= 11 is 0. The van der Waals surface area contributed by atoms with Crippen LogP contribution < -0.4 is 0 Å². The van der Waals surface area contributed by atoms with E-state index in [2.05, 4.69) is 32.9 Å². The van der Waals surface area contributed by atoms with Gasteiger partial charge in [-0.3, -0.25) is 0 Å². The van der Waals surface area contributed by atoms with Crippen LogP contribution in [0.3, 0.4) is 0 Å². The molecule has 1 aliphatic carbocycles. The van der Waals surface area contributed by atoms with Crippen LogP contribution in [0.2, 0.25) is 0 Å². The summed E-state index contributed by atoms with van der Waals surface area (Å²) in [5, 5.41) is 0. The summed E-state index contributed by atoms with van der Waals surface area (Å²) in [6, 6.07) is 0. The summed E-state index contributed by atoms with van der Waals surface area (Å²) in [5.74, 6) is 1.22. The maximum atomic E-state index is 5.91. The molecule has 1 fully saturated rings. The van der Waals surface area contributed by atoms with Crippen molar-refractivity contribution < 1.29 is 9.47 Å². The molecule has 86 valence electrons. The Labute approximate surface area is 92.6 Å². The van der Waals surface area contributed by atoms with Crippen LogP contribution in [0.25, 0.3) is 0 Å². The fourth-order valence-corrected chi connectivity index (χ4v) is 2.62. The number of hydrogen-bond donors (Lipinski definition) is 0. The lowest BCUT2D eigenvalue weighted by atomic mass is 9.83. The Kier molecular flexibility index (Phi) is 3.47. The number of ether oxygens (including phenoxy) is 2. The molecule has 0 radical (unpaired) electrons. The molecular formula is C13H22O2. The van der Waals surface area contributed by atoms with Crippen molar-refractivity contribution in [2.75, 3.05) is 0 Å². The van der Waals surface area contributed by atoms with E-state index in [1.165, 1.54) is 0 Å². The highest BCUT2D eigenvalue weighted by Crippen LogP contribution is 2.33. The smallest absolute Gasteiger partial charge is 0.161 e. The molecule has 0 bridgehead atoms. The normalized spacial score (nSPS) is 46.7.